The standard InChI is InChI=1S/C15H13F3O2S/c16-15(17,18)20-12-6-4-5-11(9-12)14(19)10-21-13-7-2-1-3-8-13/h1-9,14,19H,10H2. The second-order valence-electron chi connectivity index (χ2n) is 4.26. The number of halogens is 3. The van der Waals surface area contributed by atoms with Crippen molar-refractivity contribution in [2.75, 3.05) is 5.75 Å². The summed E-state index contributed by atoms with van der Waals surface area (Å²) in [6.45, 7) is 0. The average Bonchev–Trinajstić information content (AvgIpc) is 2.44. The molecule has 0 aromatic heterocycles. The first-order valence-electron chi connectivity index (χ1n) is 6.16. The second-order valence-corrected chi connectivity index (χ2v) is 5.35. The molecule has 0 aliphatic carbocycles. The predicted molar refractivity (Wildman–Crippen MR) is 75.3 cm³/mol. The van der Waals surface area contributed by atoms with E-state index in [-0.39, 0.29) is 5.75 Å². The molecule has 21 heavy (non-hydrogen) atoms. The molecule has 1 atom stereocenters. The number of ether oxygens (including phenoxy) is 1. The van der Waals surface area contributed by atoms with E-state index in [0.717, 1.165) is 4.90 Å². The molecule has 1 N–H and O–H groups in total. The highest BCUT2D eigenvalue weighted by Crippen LogP contribution is 2.28. The fraction of sp³-hybridized carbons (Fsp3) is 0.200. The van der Waals surface area contributed by atoms with E-state index in [2.05, 4.69) is 4.74 Å². The Labute approximate surface area is 124 Å². The largest absolute Gasteiger partial charge is 0.573 e. The van der Waals surface area contributed by atoms with E-state index in [1.54, 1.807) is 6.07 Å². The van der Waals surface area contributed by atoms with Gasteiger partial charge in [0, 0.05) is 10.6 Å². The molecule has 0 spiro atoms. The van der Waals surface area contributed by atoms with Gasteiger partial charge in [0.15, 0.2) is 0 Å². The van der Waals surface area contributed by atoms with Crippen LogP contribution in [-0.2, 0) is 0 Å². The summed E-state index contributed by atoms with van der Waals surface area (Å²) in [5, 5.41) is 10.0. The summed E-state index contributed by atoms with van der Waals surface area (Å²) in [5.74, 6) is 0.0169. The third-order valence-electron chi connectivity index (χ3n) is 2.63. The predicted octanol–water partition coefficient (Wildman–Crippen LogP) is 4.41. The van der Waals surface area contributed by atoms with Crippen LogP contribution >= 0.6 is 11.8 Å². The van der Waals surface area contributed by atoms with Crippen molar-refractivity contribution < 1.29 is 23.0 Å². The molecule has 1 unspecified atom stereocenters. The zero-order valence-corrected chi connectivity index (χ0v) is 11.7. The fourth-order valence-electron chi connectivity index (χ4n) is 1.71. The molecule has 2 aromatic rings. The first kappa shape index (κ1) is 15.7. The first-order chi connectivity index (χ1) is 9.94. The Balaban J connectivity index is 1.99. The quantitative estimate of drug-likeness (QED) is 0.829. The zero-order valence-electron chi connectivity index (χ0n) is 10.9. The van der Waals surface area contributed by atoms with Crippen LogP contribution in [0.15, 0.2) is 59.5 Å². The normalized spacial score (nSPS) is 13.0. The number of aliphatic hydroxyl groups is 1. The topological polar surface area (TPSA) is 29.5 Å². The minimum atomic E-state index is -4.73. The lowest BCUT2D eigenvalue weighted by Crippen LogP contribution is -2.17. The number of alkyl halides is 3. The van der Waals surface area contributed by atoms with Crippen LogP contribution < -0.4 is 4.74 Å². The smallest absolute Gasteiger partial charge is 0.406 e. The highest BCUT2D eigenvalue weighted by Gasteiger charge is 2.31. The number of benzene rings is 2. The molecule has 0 aliphatic rings. The van der Waals surface area contributed by atoms with Crippen molar-refractivity contribution in [3.8, 4) is 5.75 Å². The van der Waals surface area contributed by atoms with E-state index in [9.17, 15) is 18.3 Å². The van der Waals surface area contributed by atoms with Crippen LogP contribution in [-0.4, -0.2) is 17.2 Å². The van der Waals surface area contributed by atoms with Gasteiger partial charge in [-0.25, -0.2) is 0 Å². The molecule has 0 saturated carbocycles. The van der Waals surface area contributed by atoms with Gasteiger partial charge >= 0.3 is 6.36 Å². The van der Waals surface area contributed by atoms with Crippen molar-refractivity contribution in [1.29, 1.82) is 0 Å². The van der Waals surface area contributed by atoms with Crippen molar-refractivity contribution in [2.24, 2.45) is 0 Å². The van der Waals surface area contributed by atoms with Gasteiger partial charge in [0.05, 0.1) is 6.10 Å². The molecule has 0 amide bonds. The Morgan fingerprint density at radius 2 is 1.76 bits per heavy atom. The summed E-state index contributed by atoms with van der Waals surface area (Å²) in [7, 11) is 0. The number of hydrogen-bond donors (Lipinski definition) is 1. The molecule has 0 bridgehead atoms. The molecule has 6 heteroatoms. The van der Waals surface area contributed by atoms with Crippen molar-refractivity contribution >= 4 is 11.8 Å². The fourth-order valence-corrected chi connectivity index (χ4v) is 2.60. The summed E-state index contributed by atoms with van der Waals surface area (Å²) >= 11 is 1.43. The maximum Gasteiger partial charge on any atom is 0.573 e. The monoisotopic (exact) mass is 314 g/mol. The van der Waals surface area contributed by atoms with Gasteiger partial charge in [0.25, 0.3) is 0 Å². The van der Waals surface area contributed by atoms with E-state index in [1.165, 1.54) is 30.0 Å². The number of hydrogen-bond acceptors (Lipinski definition) is 3. The summed E-state index contributed by atoms with van der Waals surface area (Å²) < 4.78 is 40.3. The summed E-state index contributed by atoms with van der Waals surface area (Å²) in [4.78, 5) is 0.985. The molecule has 2 nitrogen and oxygen atoms in total. The maximum absolute atomic E-state index is 12.2. The molecule has 112 valence electrons. The molecule has 0 fully saturated rings. The SMILES string of the molecule is OC(CSc1ccccc1)c1cccc(OC(F)(F)F)c1. The van der Waals surface area contributed by atoms with Crippen LogP contribution in [0.4, 0.5) is 13.2 Å². The van der Waals surface area contributed by atoms with Gasteiger partial charge in [-0.3, -0.25) is 0 Å². The highest BCUT2D eigenvalue weighted by atomic mass is 32.2. The van der Waals surface area contributed by atoms with E-state index >= 15 is 0 Å². The van der Waals surface area contributed by atoms with Crippen LogP contribution in [0.3, 0.4) is 0 Å². The molecule has 0 aliphatic heterocycles. The molecular weight excluding hydrogens is 301 g/mol. The van der Waals surface area contributed by atoms with E-state index < -0.39 is 12.5 Å². The lowest BCUT2D eigenvalue weighted by Gasteiger charge is -2.13. The Bertz CT molecular complexity index is 573. The van der Waals surface area contributed by atoms with Gasteiger partial charge in [0.1, 0.15) is 5.75 Å². The van der Waals surface area contributed by atoms with Crippen LogP contribution in [0.2, 0.25) is 0 Å². The van der Waals surface area contributed by atoms with Crippen molar-refractivity contribution in [2.45, 2.75) is 17.4 Å². The van der Waals surface area contributed by atoms with Gasteiger partial charge in [-0.15, -0.1) is 24.9 Å². The van der Waals surface area contributed by atoms with Crippen molar-refractivity contribution in [3.05, 3.63) is 60.2 Å². The Morgan fingerprint density at radius 1 is 1.05 bits per heavy atom. The van der Waals surface area contributed by atoms with Crippen molar-refractivity contribution in [3.63, 3.8) is 0 Å². The molecule has 0 radical (unpaired) electrons. The van der Waals surface area contributed by atoms with E-state index in [4.69, 9.17) is 0 Å². The summed E-state index contributed by atoms with van der Waals surface area (Å²) in [6.07, 6.45) is -5.60. The maximum atomic E-state index is 12.2. The Morgan fingerprint density at radius 3 is 2.43 bits per heavy atom. The summed E-state index contributed by atoms with van der Waals surface area (Å²) in [6, 6.07) is 14.8. The average molecular weight is 314 g/mol. The number of thioether (sulfide) groups is 1. The number of rotatable bonds is 5. The first-order valence-corrected chi connectivity index (χ1v) is 7.14. The van der Waals surface area contributed by atoms with Crippen LogP contribution in [0.1, 0.15) is 11.7 Å². The lowest BCUT2D eigenvalue weighted by atomic mass is 10.1. The Kier molecular flexibility index (Phi) is 5.14. The van der Waals surface area contributed by atoms with Gasteiger partial charge in [0.2, 0.25) is 0 Å². The van der Waals surface area contributed by atoms with Gasteiger partial charge in [-0.1, -0.05) is 30.3 Å². The second kappa shape index (κ2) is 6.87. The van der Waals surface area contributed by atoms with Gasteiger partial charge in [-0.05, 0) is 29.8 Å². The van der Waals surface area contributed by atoms with E-state index in [0.29, 0.717) is 11.3 Å². The van der Waals surface area contributed by atoms with E-state index in [1.807, 2.05) is 30.3 Å². The van der Waals surface area contributed by atoms with Gasteiger partial charge < -0.3 is 9.84 Å². The molecule has 2 aromatic carbocycles. The van der Waals surface area contributed by atoms with Gasteiger partial charge in [-0.2, -0.15) is 0 Å². The minimum Gasteiger partial charge on any atom is -0.406 e. The third-order valence-corrected chi connectivity index (χ3v) is 3.72. The van der Waals surface area contributed by atoms with Crippen LogP contribution in [0, 0.1) is 0 Å². The molecule has 0 heterocycles. The third kappa shape index (κ3) is 5.32. The Hall–Kier alpha value is -1.66. The number of aliphatic hydroxyl groups excluding tert-OH is 1. The highest BCUT2D eigenvalue weighted by molar-refractivity contribution is 7.99. The van der Waals surface area contributed by atoms with Crippen LogP contribution in [0.5, 0.6) is 5.75 Å². The summed E-state index contributed by atoms with van der Waals surface area (Å²) in [5.41, 5.74) is 0.389. The lowest BCUT2D eigenvalue weighted by molar-refractivity contribution is -0.274. The van der Waals surface area contributed by atoms with Crippen molar-refractivity contribution in [1.82, 2.24) is 0 Å². The molecule has 0 saturated heterocycles. The van der Waals surface area contributed by atoms with Crippen LogP contribution in [0.25, 0.3) is 0 Å². The molecule has 2 rings (SSSR count). The minimum absolute atomic E-state index is 0.330. The zero-order chi connectivity index (χ0) is 15.3. The molecular formula is C15H13F3O2S.